The quantitative estimate of drug-likeness (QED) is 0.160. The van der Waals surface area contributed by atoms with Gasteiger partial charge in [0.1, 0.15) is 16.1 Å². The van der Waals surface area contributed by atoms with E-state index in [0.717, 1.165) is 22.7 Å². The van der Waals surface area contributed by atoms with Crippen molar-refractivity contribution in [1.29, 1.82) is 0 Å². The third-order valence-corrected chi connectivity index (χ3v) is 22.3. The van der Waals surface area contributed by atoms with E-state index in [1.807, 2.05) is 0 Å². The third kappa shape index (κ3) is 6.28. The summed E-state index contributed by atoms with van der Waals surface area (Å²) in [5.41, 5.74) is 22.0. The minimum absolute atomic E-state index is 1.13. The normalized spacial score (nSPS) is 14.4. The van der Waals surface area contributed by atoms with Crippen LogP contribution in [0.2, 0.25) is 26.2 Å². The molecule has 68 heavy (non-hydrogen) atoms. The highest BCUT2D eigenvalue weighted by atomic mass is 28.3. The zero-order chi connectivity index (χ0) is 45.7. The predicted molar refractivity (Wildman–Crippen MR) is 295 cm³/mol. The van der Waals surface area contributed by atoms with Gasteiger partial charge >= 0.3 is 0 Å². The monoisotopic (exact) mass is 902 g/mol. The van der Waals surface area contributed by atoms with Crippen molar-refractivity contribution in [2.24, 2.45) is 0 Å². The van der Waals surface area contributed by atoms with Crippen molar-refractivity contribution in [3.05, 3.63) is 231 Å². The summed E-state index contributed by atoms with van der Waals surface area (Å²) < 4.78 is 0. The Labute approximate surface area is 402 Å². The number of rotatable bonds is 2. The summed E-state index contributed by atoms with van der Waals surface area (Å²) >= 11 is 0. The molecule has 10 aromatic rings. The summed E-state index contributed by atoms with van der Waals surface area (Å²) in [5.74, 6) is 0. The molecule has 19 rings (SSSR count). The molecule has 0 amide bonds. The van der Waals surface area contributed by atoms with Gasteiger partial charge in [-0.25, -0.2) is 0 Å². The van der Waals surface area contributed by atoms with Gasteiger partial charge in [-0.05, 0) is 160 Å². The maximum absolute atomic E-state index is 2.50. The van der Waals surface area contributed by atoms with Crippen LogP contribution in [0.3, 0.4) is 0 Å². The maximum atomic E-state index is 2.50. The lowest BCUT2D eigenvalue weighted by Crippen LogP contribution is -2.49. The van der Waals surface area contributed by atoms with Crippen molar-refractivity contribution in [2.75, 3.05) is 9.80 Å². The van der Waals surface area contributed by atoms with Gasteiger partial charge in [0.25, 0.3) is 0 Å². The van der Waals surface area contributed by atoms with Gasteiger partial charge in [-0.3, -0.25) is 0 Å². The molecule has 0 unspecified atom stereocenters. The Morgan fingerprint density at radius 3 is 0.750 bits per heavy atom. The van der Waals surface area contributed by atoms with Crippen LogP contribution in [0, 0.1) is 0 Å². The van der Waals surface area contributed by atoms with E-state index in [0.29, 0.717) is 0 Å². The molecule has 0 saturated heterocycles. The molecule has 0 saturated carbocycles. The second-order valence-electron chi connectivity index (χ2n) is 19.8. The fourth-order valence-electron chi connectivity index (χ4n) is 11.7. The first-order valence-corrected chi connectivity index (χ1v) is 29.9. The average Bonchev–Trinajstić information content (AvgIpc) is 3.76. The number of fused-ring (bicyclic) bond motifs is 6. The van der Waals surface area contributed by atoms with Crippen LogP contribution in [-0.2, 0) is 0 Å². The first kappa shape index (κ1) is 40.5. The Kier molecular flexibility index (Phi) is 9.17. The molecular weight excluding hydrogens is 853 g/mol. The van der Waals surface area contributed by atoms with Crippen LogP contribution in [0.1, 0.15) is 0 Å². The Hall–Kier alpha value is -7.77. The van der Waals surface area contributed by atoms with Crippen LogP contribution in [0.5, 0.6) is 0 Å². The Bertz CT molecular complexity index is 3230. The molecule has 8 bridgehead atoms. The summed E-state index contributed by atoms with van der Waals surface area (Å²) in [4.78, 5) is 4.88. The molecule has 0 N–H and O–H groups in total. The fraction of sp³-hybridized carbons (Fsp3) is 0.0625. The number of nitrogens with zero attached hydrogens (tertiary/aromatic N) is 2. The van der Waals surface area contributed by atoms with Crippen LogP contribution < -0.4 is 30.5 Å². The molecule has 0 radical (unpaired) electrons. The summed E-state index contributed by atoms with van der Waals surface area (Å²) in [5, 5.41) is 6.03. The molecule has 10 aromatic carbocycles. The van der Waals surface area contributed by atoms with Crippen LogP contribution in [0.15, 0.2) is 231 Å². The van der Waals surface area contributed by atoms with Gasteiger partial charge in [0, 0.05) is 34.1 Å². The summed E-state index contributed by atoms with van der Waals surface area (Å²) in [7, 11) is -3.83. The minimum Gasteiger partial charge on any atom is -0.311 e. The van der Waals surface area contributed by atoms with Gasteiger partial charge in [0.05, 0.1) is 0 Å². The van der Waals surface area contributed by atoms with Crippen LogP contribution in [0.4, 0.5) is 34.1 Å². The topological polar surface area (TPSA) is 6.48 Å². The highest BCUT2D eigenvalue weighted by Gasteiger charge is 2.39. The molecule has 2 nitrogen and oxygen atoms in total. The number of hydrogen-bond donors (Lipinski definition) is 0. The summed E-state index contributed by atoms with van der Waals surface area (Å²) in [6, 6.07) is 86.9. The van der Waals surface area contributed by atoms with E-state index in [-0.39, 0.29) is 0 Å². The lowest BCUT2D eigenvalue weighted by Gasteiger charge is -2.28. The molecule has 0 aromatic heterocycles. The molecule has 0 fully saturated rings. The van der Waals surface area contributed by atoms with Crippen molar-refractivity contribution >= 4 is 71.0 Å². The van der Waals surface area contributed by atoms with Gasteiger partial charge < -0.3 is 9.80 Å². The van der Waals surface area contributed by atoms with E-state index in [9.17, 15) is 0 Å². The van der Waals surface area contributed by atoms with Crippen LogP contribution >= 0.6 is 0 Å². The number of anilines is 6. The van der Waals surface area contributed by atoms with E-state index in [1.54, 1.807) is 0 Å². The van der Waals surface area contributed by atoms with Gasteiger partial charge in [0.15, 0.2) is 0 Å². The summed E-state index contributed by atoms with van der Waals surface area (Å²) in [6.07, 6.45) is 0. The molecule has 9 aliphatic rings. The number of benzene rings is 10. The van der Waals surface area contributed by atoms with Gasteiger partial charge in [-0.15, -0.1) is 0 Å². The van der Waals surface area contributed by atoms with Gasteiger partial charge in [-0.1, -0.05) is 184 Å². The van der Waals surface area contributed by atoms with Crippen molar-refractivity contribution in [3.63, 3.8) is 0 Å². The molecular formula is C64H50N2Si2. The van der Waals surface area contributed by atoms with Crippen molar-refractivity contribution in [2.45, 2.75) is 26.2 Å². The standard InChI is InChI=1S/C64H50N2Si2/c1-67(2)61-19-11-9-17-57(61)59-39-37-51(41-63(59)67)65-47-29-21-43(22-30-47)53-13-5-7-15-55(53)45-25-33-49(34-26-45)66(52-38-40-60-58-18-10-12-20-62(58)68(3,4)64(60)42-52)50-35-27-46(28-36-50)56-16-8-6-14-54(56)44-23-31-48(65)32-24-44/h5-42H,1-4H3. The molecule has 9 heterocycles. The Morgan fingerprint density at radius 1 is 0.221 bits per heavy atom. The van der Waals surface area contributed by atoms with Crippen molar-refractivity contribution in [1.82, 2.24) is 0 Å². The molecule has 0 aliphatic carbocycles. The lowest BCUT2D eigenvalue weighted by molar-refractivity contribution is 1.28. The zero-order valence-corrected chi connectivity index (χ0v) is 40.8. The number of hydrogen-bond acceptors (Lipinski definition) is 2. The first-order chi connectivity index (χ1) is 33.2. The fourth-order valence-corrected chi connectivity index (χ4v) is 17.9. The van der Waals surface area contributed by atoms with E-state index in [2.05, 4.69) is 267 Å². The smallest absolute Gasteiger partial charge is 0.113 e. The lowest BCUT2D eigenvalue weighted by atomic mass is 9.93. The van der Waals surface area contributed by atoms with E-state index >= 15 is 0 Å². The molecule has 0 atom stereocenters. The zero-order valence-electron chi connectivity index (χ0n) is 38.8. The minimum atomic E-state index is -1.91. The highest BCUT2D eigenvalue weighted by Crippen LogP contribution is 2.44. The van der Waals surface area contributed by atoms with Crippen molar-refractivity contribution < 1.29 is 0 Å². The van der Waals surface area contributed by atoms with E-state index in [4.69, 9.17) is 0 Å². The SMILES string of the molecule is C[Si]1(C)c2ccccc2-c2ccc(N3c4ccc(cc4)-c4ccccc4-c4ccc(cc4)N(c4ccc5c(c4)[Si](C)(C)c4ccccc4-5)c4ccc(cc4)-c4ccccc4-c4ccc3cc4)cc21. The van der Waals surface area contributed by atoms with Crippen LogP contribution in [-0.4, -0.2) is 16.1 Å². The molecule has 0 spiro atoms. The third-order valence-electron chi connectivity index (χ3n) is 15.3. The van der Waals surface area contributed by atoms with Crippen molar-refractivity contribution in [3.8, 4) is 66.8 Å². The van der Waals surface area contributed by atoms with Crippen LogP contribution in [0.25, 0.3) is 66.8 Å². The van der Waals surface area contributed by atoms with Gasteiger partial charge in [-0.2, -0.15) is 0 Å². The highest BCUT2D eigenvalue weighted by molar-refractivity contribution is 7.04. The Morgan fingerprint density at radius 2 is 0.456 bits per heavy atom. The Balaban J connectivity index is 0.972. The first-order valence-electron chi connectivity index (χ1n) is 23.9. The second-order valence-corrected chi connectivity index (χ2v) is 28.4. The molecule has 324 valence electrons. The maximum Gasteiger partial charge on any atom is 0.113 e. The van der Waals surface area contributed by atoms with E-state index < -0.39 is 16.1 Å². The summed E-state index contributed by atoms with van der Waals surface area (Å²) in [6.45, 7) is 10.00. The predicted octanol–water partition coefficient (Wildman–Crippen LogP) is 15.2. The van der Waals surface area contributed by atoms with E-state index in [1.165, 1.54) is 98.9 Å². The molecule has 9 aliphatic heterocycles. The van der Waals surface area contributed by atoms with Gasteiger partial charge in [0.2, 0.25) is 0 Å². The second kappa shape index (κ2) is 15.4. The largest absolute Gasteiger partial charge is 0.311 e. The molecule has 4 heteroatoms. The average molecular weight is 903 g/mol.